The highest BCUT2D eigenvalue weighted by Crippen LogP contribution is 2.58. The third-order valence-corrected chi connectivity index (χ3v) is 12.5. The van der Waals surface area contributed by atoms with Gasteiger partial charge in [-0.05, 0) is 67.6 Å². The van der Waals surface area contributed by atoms with Crippen molar-refractivity contribution in [2.75, 3.05) is 15.5 Å². The van der Waals surface area contributed by atoms with Crippen LogP contribution in [0, 0.1) is 41.4 Å². The highest BCUT2D eigenvalue weighted by molar-refractivity contribution is 14.2. The molecule has 9 unspecified atom stereocenters. The van der Waals surface area contributed by atoms with Crippen LogP contribution in [0.5, 0.6) is 0 Å². The highest BCUT2D eigenvalue weighted by atomic mass is 127. The molecule has 182 valence electrons. The van der Waals surface area contributed by atoms with Crippen molar-refractivity contribution in [1.82, 2.24) is 0 Å². The number of aliphatic hydroxyl groups excluding tert-OH is 1. The minimum Gasteiger partial charge on any atom is -0.399 e. The van der Waals surface area contributed by atoms with Crippen LogP contribution in [-0.2, 0) is 14.4 Å². The smallest absolute Gasteiger partial charge is 0.237 e. The van der Waals surface area contributed by atoms with Crippen LogP contribution < -0.4 is 15.5 Å². The van der Waals surface area contributed by atoms with Crippen molar-refractivity contribution < 1.29 is 19.5 Å². The Balaban J connectivity index is 1.34. The Morgan fingerprint density at radius 3 is 2.65 bits per heavy atom. The van der Waals surface area contributed by atoms with Gasteiger partial charge in [0.15, 0.2) is 0 Å². The van der Waals surface area contributed by atoms with Gasteiger partial charge in [0, 0.05) is 34.3 Å². The first-order valence-corrected chi connectivity index (χ1v) is 14.9. The maximum atomic E-state index is 13.6. The molecule has 0 spiro atoms. The lowest BCUT2D eigenvalue weighted by Crippen LogP contribution is -2.42. The molecule has 1 aromatic rings. The summed E-state index contributed by atoms with van der Waals surface area (Å²) in [6, 6.07) is 4.97. The summed E-state index contributed by atoms with van der Waals surface area (Å²) in [5.41, 5.74) is 7.45. The van der Waals surface area contributed by atoms with Crippen LogP contribution in [0.2, 0.25) is 0 Å². The molecule has 7 nitrogen and oxygen atoms in total. The van der Waals surface area contributed by atoms with Crippen molar-refractivity contribution in [3.8, 4) is 0 Å². The zero-order valence-electron chi connectivity index (χ0n) is 19.6. The fourth-order valence-electron chi connectivity index (χ4n) is 7.58. The number of nitrogen functional groups attached to an aromatic ring is 1. The lowest BCUT2D eigenvalue weighted by molar-refractivity contribution is -0.128. The molecule has 0 aromatic heterocycles. The number of rotatable bonds is 3. The number of anilines is 3. The Morgan fingerprint density at radius 2 is 1.97 bits per heavy atom. The van der Waals surface area contributed by atoms with Crippen LogP contribution in [0.25, 0.3) is 0 Å². The number of fused-ring (bicyclic) bond motifs is 7. The van der Waals surface area contributed by atoms with Crippen LogP contribution >= 0.6 is 20.7 Å². The van der Waals surface area contributed by atoms with Crippen molar-refractivity contribution in [1.29, 1.82) is 0 Å². The number of aliphatic hydroxyl groups is 1. The van der Waals surface area contributed by atoms with Gasteiger partial charge < -0.3 is 10.8 Å². The number of benzene rings is 1. The Kier molecular flexibility index (Phi) is 5.40. The van der Waals surface area contributed by atoms with E-state index in [1.165, 1.54) is 16.7 Å². The molecule has 3 N–H and O–H groups in total. The SMILES string of the molecule is CC(=O)N(C(=O)C1CC2CC1C=I2)c1cc(N)cc(N2C(=O)C3C4CC(CCC4C)C3C2O)c1. The van der Waals surface area contributed by atoms with Crippen molar-refractivity contribution in [2.24, 2.45) is 41.4 Å². The van der Waals surface area contributed by atoms with Gasteiger partial charge in [-0.2, -0.15) is 0 Å². The van der Waals surface area contributed by atoms with Crippen LogP contribution in [0.1, 0.15) is 46.0 Å². The summed E-state index contributed by atoms with van der Waals surface area (Å²) < 4.78 is 2.97. The topological polar surface area (TPSA) is 104 Å². The van der Waals surface area contributed by atoms with Crippen molar-refractivity contribution in [3.05, 3.63) is 18.2 Å². The second-order valence-corrected chi connectivity index (χ2v) is 14.2. The fourth-order valence-corrected chi connectivity index (χ4v) is 11.2. The van der Waals surface area contributed by atoms with E-state index in [-0.39, 0.29) is 62.1 Å². The molecule has 9 atom stereocenters. The van der Waals surface area contributed by atoms with Gasteiger partial charge in [0.2, 0.25) is 17.7 Å². The van der Waals surface area contributed by atoms with Gasteiger partial charge in [0.1, 0.15) is 6.23 Å². The largest absolute Gasteiger partial charge is 0.399 e. The number of nitrogens with zero attached hydrogens (tertiary/aromatic N) is 2. The number of imide groups is 1. The Hall–Kier alpha value is -1.81. The lowest BCUT2D eigenvalue weighted by atomic mass is 9.78. The van der Waals surface area contributed by atoms with Crippen molar-refractivity contribution >= 4 is 59.5 Å². The highest BCUT2D eigenvalue weighted by Gasteiger charge is 2.60. The van der Waals surface area contributed by atoms with E-state index in [9.17, 15) is 19.5 Å². The standard InChI is InChI=1S/C26H32IN3O4/c1-12-3-4-14-6-20(12)23-22(14)25(33)30(26(23)34)19-9-17(28)8-18(10-19)29(13(2)31)24(32)21-7-16-5-15(21)11-27-16/h8-12,14-16,20-23,25,33H,3-7,28H2,1-2H3. The summed E-state index contributed by atoms with van der Waals surface area (Å²) in [5, 5.41) is 11.3. The molecule has 34 heavy (non-hydrogen) atoms. The molecule has 4 bridgehead atoms. The molecule has 3 saturated carbocycles. The molecule has 0 radical (unpaired) electrons. The maximum Gasteiger partial charge on any atom is 0.237 e. The van der Waals surface area contributed by atoms with Crippen molar-refractivity contribution in [3.63, 3.8) is 0 Å². The quantitative estimate of drug-likeness (QED) is 0.326. The molecular formula is C26H32IN3O4. The van der Waals surface area contributed by atoms with E-state index in [2.05, 4.69) is 10.9 Å². The zero-order chi connectivity index (χ0) is 23.9. The predicted molar refractivity (Wildman–Crippen MR) is 140 cm³/mol. The summed E-state index contributed by atoms with van der Waals surface area (Å²) in [7, 11) is 0. The monoisotopic (exact) mass is 577 g/mol. The van der Waals surface area contributed by atoms with E-state index >= 15 is 0 Å². The second kappa shape index (κ2) is 8.11. The number of carbonyl (C=O) groups is 3. The molecule has 3 aliphatic carbocycles. The summed E-state index contributed by atoms with van der Waals surface area (Å²) in [6.07, 6.45) is 4.20. The molecule has 6 rings (SSSR count). The Morgan fingerprint density at radius 1 is 1.18 bits per heavy atom. The molecule has 8 heteroatoms. The molecule has 1 aromatic carbocycles. The van der Waals surface area contributed by atoms with Gasteiger partial charge in [-0.3, -0.25) is 24.2 Å². The fraction of sp³-hybridized carbons (Fsp3) is 0.615. The van der Waals surface area contributed by atoms with E-state index in [1.54, 1.807) is 18.2 Å². The molecular weight excluding hydrogens is 545 g/mol. The number of hydrogen-bond acceptors (Lipinski definition) is 5. The average molecular weight is 577 g/mol. The summed E-state index contributed by atoms with van der Waals surface area (Å²) in [4.78, 5) is 42.5. The minimum atomic E-state index is -0.905. The van der Waals surface area contributed by atoms with Crippen LogP contribution in [-0.4, -0.2) is 37.0 Å². The maximum absolute atomic E-state index is 13.6. The minimum absolute atomic E-state index is 0.0531. The third-order valence-electron chi connectivity index (χ3n) is 9.13. The predicted octanol–water partition coefficient (Wildman–Crippen LogP) is 3.29. The van der Waals surface area contributed by atoms with Gasteiger partial charge >= 0.3 is 0 Å². The van der Waals surface area contributed by atoms with Crippen molar-refractivity contribution in [2.45, 2.75) is 56.1 Å². The number of alkyl halides is 1. The third kappa shape index (κ3) is 3.31. The summed E-state index contributed by atoms with van der Waals surface area (Å²) in [6.45, 7) is 3.61. The van der Waals surface area contributed by atoms with E-state index in [0.29, 0.717) is 38.7 Å². The second-order valence-electron chi connectivity index (χ2n) is 11.0. The van der Waals surface area contributed by atoms with Gasteiger partial charge in [-0.15, -0.1) is 20.7 Å². The first-order valence-electron chi connectivity index (χ1n) is 12.5. The van der Waals surface area contributed by atoms with Gasteiger partial charge in [0.25, 0.3) is 0 Å². The Bertz CT molecular complexity index is 1110. The summed E-state index contributed by atoms with van der Waals surface area (Å²) in [5.74, 6) is 0.450. The molecule has 1 saturated heterocycles. The number of carbonyl (C=O) groups excluding carboxylic acids is 3. The molecule has 3 amide bonds. The van der Waals surface area contributed by atoms with Gasteiger partial charge in [-0.1, -0.05) is 17.4 Å². The molecule has 2 aliphatic heterocycles. The number of nitrogens with two attached hydrogens (primary N) is 1. The van der Waals surface area contributed by atoms with E-state index in [0.717, 1.165) is 32.1 Å². The first-order chi connectivity index (χ1) is 16.2. The molecule has 4 fully saturated rings. The molecule has 2 heterocycles. The average Bonchev–Trinajstić information content (AvgIpc) is 3.53. The Labute approximate surface area is 209 Å². The molecule has 5 aliphatic rings. The van der Waals surface area contributed by atoms with E-state index in [1.807, 2.05) is 0 Å². The number of amides is 3. The lowest BCUT2D eigenvalue weighted by Gasteiger charge is -2.32. The van der Waals surface area contributed by atoms with Gasteiger partial charge in [0.05, 0.1) is 11.4 Å². The zero-order valence-corrected chi connectivity index (χ0v) is 21.7. The number of hydrogen-bond donors (Lipinski definition) is 2. The van der Waals surface area contributed by atoms with Crippen LogP contribution in [0.3, 0.4) is 0 Å². The van der Waals surface area contributed by atoms with Gasteiger partial charge in [-0.25, -0.2) is 0 Å². The van der Waals surface area contributed by atoms with E-state index in [4.69, 9.17) is 5.73 Å². The number of halogens is 1. The van der Waals surface area contributed by atoms with Crippen LogP contribution in [0.15, 0.2) is 18.2 Å². The van der Waals surface area contributed by atoms with Crippen LogP contribution in [0.4, 0.5) is 17.1 Å². The normalized spacial score (nSPS) is 39.8. The first kappa shape index (κ1) is 22.6. The van der Waals surface area contributed by atoms with E-state index < -0.39 is 6.23 Å². The summed E-state index contributed by atoms with van der Waals surface area (Å²) >= 11 is 0.0694.